The number of nitrogens with zero attached hydrogens (tertiary/aromatic N) is 2. The van der Waals surface area contributed by atoms with E-state index >= 15 is 0 Å². The molecule has 4 rings (SSSR count). The van der Waals surface area contributed by atoms with Crippen LogP contribution in [0.4, 0.5) is 19.0 Å². The van der Waals surface area contributed by atoms with Crippen LogP contribution in [0.15, 0.2) is 18.2 Å². The van der Waals surface area contributed by atoms with Crippen LogP contribution in [0, 0.1) is 5.92 Å². The van der Waals surface area contributed by atoms with Crippen molar-refractivity contribution in [3.05, 3.63) is 40.6 Å². The van der Waals surface area contributed by atoms with E-state index < -0.39 is 46.2 Å². The van der Waals surface area contributed by atoms with Crippen LogP contribution >= 0.6 is 0 Å². The summed E-state index contributed by atoms with van der Waals surface area (Å²) in [6.45, 7) is 0.830. The van der Waals surface area contributed by atoms with Gasteiger partial charge in [-0.1, -0.05) is 18.9 Å². The number of hydrogen-bond donors (Lipinski definition) is 2. The predicted octanol–water partition coefficient (Wildman–Crippen LogP) is 3.59. The largest absolute Gasteiger partial charge is 0.484 e. The Hall–Kier alpha value is -3.09. The molecule has 0 spiro atoms. The molecule has 1 aliphatic carbocycles. The summed E-state index contributed by atoms with van der Waals surface area (Å²) in [5, 5.41) is 10.1. The molecule has 1 aromatic heterocycles. The van der Waals surface area contributed by atoms with Crippen molar-refractivity contribution in [2.24, 2.45) is 5.92 Å². The van der Waals surface area contributed by atoms with Crippen molar-refractivity contribution in [2.75, 3.05) is 23.9 Å². The minimum absolute atomic E-state index is 0.0950. The van der Waals surface area contributed by atoms with E-state index in [0.29, 0.717) is 37.4 Å². The normalized spacial score (nSPS) is 18.2. The van der Waals surface area contributed by atoms with Crippen molar-refractivity contribution in [1.29, 1.82) is 0 Å². The van der Waals surface area contributed by atoms with Gasteiger partial charge in [0.05, 0.1) is 11.7 Å². The molecule has 0 saturated heterocycles. The standard InChI is InChI=1S/C25H31F3N4O5S/c1-15-19-9-8-18(37-14-25(26,27)28)12-17(19)4-3-5-20-22(24(34)29-15)23(30-21(33)13-38(2,35)36)32(31-20)11-10-16-6-7-16/h8-9,12,15-16H,3-7,10-11,13-14H2,1-2H3,(H,29,34)(H,30,33)/t15-/m0/s1. The number of rotatable bonds is 8. The first-order valence-electron chi connectivity index (χ1n) is 12.5. The third-order valence-electron chi connectivity index (χ3n) is 6.54. The third-order valence-corrected chi connectivity index (χ3v) is 7.33. The Morgan fingerprint density at radius 1 is 1.26 bits per heavy atom. The van der Waals surface area contributed by atoms with Gasteiger partial charge in [0.25, 0.3) is 5.91 Å². The first kappa shape index (κ1) is 27.9. The van der Waals surface area contributed by atoms with Crippen LogP contribution in [-0.2, 0) is 34.0 Å². The number of ether oxygens (including phenoxy) is 1. The predicted molar refractivity (Wildman–Crippen MR) is 134 cm³/mol. The molecule has 2 amide bonds. The Morgan fingerprint density at radius 3 is 2.66 bits per heavy atom. The number of carbonyl (C=O) groups excluding carboxylic acids is 2. The number of alkyl halides is 3. The molecule has 0 radical (unpaired) electrons. The lowest BCUT2D eigenvalue weighted by atomic mass is 9.94. The topological polar surface area (TPSA) is 119 Å². The van der Waals surface area contributed by atoms with E-state index in [2.05, 4.69) is 15.7 Å². The first-order valence-corrected chi connectivity index (χ1v) is 14.6. The number of sulfone groups is 1. The fourth-order valence-corrected chi connectivity index (χ4v) is 5.15. The van der Waals surface area contributed by atoms with Crippen molar-refractivity contribution < 1.29 is 35.9 Å². The van der Waals surface area contributed by atoms with Gasteiger partial charge in [-0.3, -0.25) is 9.59 Å². The molecule has 208 valence electrons. The number of halogens is 3. The quantitative estimate of drug-likeness (QED) is 0.513. The van der Waals surface area contributed by atoms with Gasteiger partial charge in [-0.2, -0.15) is 18.3 Å². The average molecular weight is 557 g/mol. The van der Waals surface area contributed by atoms with Crippen LogP contribution in [0.5, 0.6) is 5.75 Å². The first-order chi connectivity index (χ1) is 17.8. The number of carbonyl (C=O) groups is 2. The van der Waals surface area contributed by atoms with Crippen LogP contribution in [0.2, 0.25) is 0 Å². The van der Waals surface area contributed by atoms with Gasteiger partial charge in [0.2, 0.25) is 5.91 Å². The fraction of sp³-hybridized carbons (Fsp3) is 0.560. The molecule has 13 heteroatoms. The zero-order valence-electron chi connectivity index (χ0n) is 21.2. The van der Waals surface area contributed by atoms with Gasteiger partial charge in [-0.25, -0.2) is 13.1 Å². The molecule has 9 nitrogen and oxygen atoms in total. The van der Waals surface area contributed by atoms with Crippen LogP contribution in [-0.4, -0.2) is 54.8 Å². The minimum Gasteiger partial charge on any atom is -0.484 e. The lowest BCUT2D eigenvalue weighted by molar-refractivity contribution is -0.153. The maximum Gasteiger partial charge on any atom is 0.422 e. The molecule has 0 bridgehead atoms. The Bertz CT molecular complexity index is 1320. The molecular weight excluding hydrogens is 525 g/mol. The smallest absolute Gasteiger partial charge is 0.422 e. The van der Waals surface area contributed by atoms with Gasteiger partial charge < -0.3 is 15.4 Å². The molecule has 2 heterocycles. The summed E-state index contributed by atoms with van der Waals surface area (Å²) in [5.74, 6) is -1.12. The number of anilines is 1. The zero-order valence-corrected chi connectivity index (χ0v) is 22.0. The summed E-state index contributed by atoms with van der Waals surface area (Å²) in [6, 6.07) is 4.14. The van der Waals surface area contributed by atoms with Crippen molar-refractivity contribution in [3.8, 4) is 5.75 Å². The van der Waals surface area contributed by atoms with Gasteiger partial charge >= 0.3 is 6.18 Å². The third kappa shape index (κ3) is 7.49. The fourth-order valence-electron chi connectivity index (χ4n) is 4.60. The van der Waals surface area contributed by atoms with Gasteiger partial charge in [-0.05, 0) is 61.8 Å². The molecule has 1 aromatic carbocycles. The Kier molecular flexibility index (Phi) is 8.05. The summed E-state index contributed by atoms with van der Waals surface area (Å²) in [5.41, 5.74) is 2.16. The molecule has 2 N–H and O–H groups in total. The highest BCUT2D eigenvalue weighted by Gasteiger charge is 2.31. The van der Waals surface area contributed by atoms with E-state index in [9.17, 15) is 31.2 Å². The van der Waals surface area contributed by atoms with Gasteiger partial charge in [-0.15, -0.1) is 0 Å². The summed E-state index contributed by atoms with van der Waals surface area (Å²) in [7, 11) is -3.59. The lowest BCUT2D eigenvalue weighted by Crippen LogP contribution is -2.30. The molecule has 0 unspecified atom stereocenters. The monoisotopic (exact) mass is 556 g/mol. The molecule has 1 aliphatic heterocycles. The highest BCUT2D eigenvalue weighted by Crippen LogP contribution is 2.34. The molecule has 1 atom stereocenters. The minimum atomic E-state index is -4.45. The number of fused-ring (bicyclic) bond motifs is 2. The second kappa shape index (κ2) is 11.0. The summed E-state index contributed by atoms with van der Waals surface area (Å²) >= 11 is 0. The van der Waals surface area contributed by atoms with Crippen molar-refractivity contribution >= 4 is 27.5 Å². The summed E-state index contributed by atoms with van der Waals surface area (Å²) < 4.78 is 67.6. The van der Waals surface area contributed by atoms with Gasteiger partial charge in [0.1, 0.15) is 22.9 Å². The zero-order chi connectivity index (χ0) is 27.7. The SMILES string of the molecule is C[C@@H]1NC(=O)c2c(nn(CCC3CC3)c2NC(=O)CS(C)(=O)=O)CCCc2cc(OCC(F)(F)F)ccc21. The average Bonchev–Trinajstić information content (AvgIpc) is 3.56. The molecule has 1 fully saturated rings. The molecule has 38 heavy (non-hydrogen) atoms. The van der Waals surface area contributed by atoms with E-state index in [1.807, 2.05) is 0 Å². The Morgan fingerprint density at radius 2 is 2.00 bits per heavy atom. The maximum atomic E-state index is 13.5. The number of aryl methyl sites for hydroxylation is 3. The van der Waals surface area contributed by atoms with Gasteiger partial charge in [0, 0.05) is 12.8 Å². The lowest BCUT2D eigenvalue weighted by Gasteiger charge is -2.21. The summed E-state index contributed by atoms with van der Waals surface area (Å²) in [4.78, 5) is 26.0. The van der Waals surface area contributed by atoms with Crippen molar-refractivity contribution in [3.63, 3.8) is 0 Å². The Balaban J connectivity index is 1.62. The number of benzene rings is 1. The maximum absolute atomic E-state index is 13.5. The Labute approximate surface area is 219 Å². The van der Waals surface area contributed by atoms with E-state index in [0.717, 1.165) is 36.6 Å². The van der Waals surface area contributed by atoms with Gasteiger partial charge in [0.15, 0.2) is 16.4 Å². The number of nitrogens with one attached hydrogen (secondary N) is 2. The highest BCUT2D eigenvalue weighted by atomic mass is 32.2. The number of hydrogen-bond acceptors (Lipinski definition) is 6. The highest BCUT2D eigenvalue weighted by molar-refractivity contribution is 7.91. The van der Waals surface area contributed by atoms with E-state index in [-0.39, 0.29) is 17.1 Å². The van der Waals surface area contributed by atoms with E-state index in [1.165, 1.54) is 6.07 Å². The molecular formula is C25H31F3N4O5S. The molecule has 1 saturated carbocycles. The second-order valence-corrected chi connectivity index (χ2v) is 12.2. The number of amides is 2. The van der Waals surface area contributed by atoms with Crippen LogP contribution in [0.3, 0.4) is 0 Å². The van der Waals surface area contributed by atoms with Crippen LogP contribution < -0.4 is 15.4 Å². The van der Waals surface area contributed by atoms with E-state index in [4.69, 9.17) is 4.74 Å². The van der Waals surface area contributed by atoms with Crippen LogP contribution in [0.25, 0.3) is 0 Å². The van der Waals surface area contributed by atoms with Crippen LogP contribution in [0.1, 0.15) is 65.8 Å². The van der Waals surface area contributed by atoms with E-state index in [1.54, 1.807) is 23.7 Å². The van der Waals surface area contributed by atoms with Crippen molar-refractivity contribution in [2.45, 2.75) is 64.2 Å². The second-order valence-electron chi connectivity index (χ2n) is 10.1. The number of aromatic nitrogens is 2. The molecule has 2 aliphatic rings. The summed E-state index contributed by atoms with van der Waals surface area (Å²) in [6.07, 6.45) is 0.964. The molecule has 2 aromatic rings. The van der Waals surface area contributed by atoms with Crippen molar-refractivity contribution in [1.82, 2.24) is 15.1 Å².